The molecule has 3 aliphatic rings. The zero-order valence-corrected chi connectivity index (χ0v) is 20.2. The molecule has 2 aliphatic heterocycles. The van der Waals surface area contributed by atoms with Gasteiger partial charge in [0.1, 0.15) is 5.41 Å². The van der Waals surface area contributed by atoms with Gasteiger partial charge < -0.3 is 4.90 Å². The second-order valence-corrected chi connectivity index (χ2v) is 10.1. The lowest BCUT2D eigenvalue weighted by Gasteiger charge is -2.37. The first kappa shape index (κ1) is 23.7. The standard InChI is InChI=1S/C29H19ClF3NO3/c1-15(35)25-24(16-6-9-18(10-7-16)29(31,32)33)28(26(36)20-4-2-3-5-21(20)27(28)37)23-13-8-17-14-19(30)11-12-22(17)34(23)25/h2-14,23-25H,1H3/t23-,24+,25+/m0/s1. The summed E-state index contributed by atoms with van der Waals surface area (Å²) in [5.74, 6) is -2.19. The molecule has 1 spiro atoms. The molecular weight excluding hydrogens is 503 g/mol. The summed E-state index contributed by atoms with van der Waals surface area (Å²) in [5, 5.41) is 0.481. The van der Waals surface area contributed by atoms with Crippen LogP contribution in [0.25, 0.3) is 6.08 Å². The molecule has 0 N–H and O–H groups in total. The first-order valence-electron chi connectivity index (χ1n) is 11.7. The number of fused-ring (bicyclic) bond motifs is 5. The highest BCUT2D eigenvalue weighted by atomic mass is 35.5. The summed E-state index contributed by atoms with van der Waals surface area (Å²) in [6, 6.07) is 14.2. The van der Waals surface area contributed by atoms with E-state index >= 15 is 0 Å². The average Bonchev–Trinajstić information content (AvgIpc) is 3.30. The van der Waals surface area contributed by atoms with Crippen LogP contribution < -0.4 is 4.90 Å². The summed E-state index contributed by atoms with van der Waals surface area (Å²) in [6.45, 7) is 1.38. The van der Waals surface area contributed by atoms with Crippen LogP contribution in [0.5, 0.6) is 0 Å². The first-order chi connectivity index (χ1) is 17.6. The Bertz CT molecular complexity index is 1490. The number of anilines is 1. The molecular formula is C29H19ClF3NO3. The maximum Gasteiger partial charge on any atom is 0.416 e. The maximum atomic E-state index is 14.2. The molecule has 1 fully saturated rings. The third-order valence-corrected chi connectivity index (χ3v) is 8.01. The minimum Gasteiger partial charge on any atom is -0.352 e. The molecule has 186 valence electrons. The van der Waals surface area contributed by atoms with Gasteiger partial charge in [0.25, 0.3) is 0 Å². The highest BCUT2D eigenvalue weighted by molar-refractivity contribution is 6.32. The molecule has 0 aromatic heterocycles. The fourth-order valence-corrected chi connectivity index (χ4v) is 6.53. The summed E-state index contributed by atoms with van der Waals surface area (Å²) in [4.78, 5) is 43.6. The van der Waals surface area contributed by atoms with Crippen molar-refractivity contribution in [1.29, 1.82) is 0 Å². The van der Waals surface area contributed by atoms with Crippen molar-refractivity contribution >= 4 is 40.7 Å². The van der Waals surface area contributed by atoms with E-state index in [-0.39, 0.29) is 16.9 Å². The van der Waals surface area contributed by atoms with Crippen LogP contribution in [-0.2, 0) is 11.0 Å². The van der Waals surface area contributed by atoms with Crippen LogP contribution in [-0.4, -0.2) is 29.4 Å². The Kier molecular flexibility index (Phi) is 5.05. The number of rotatable bonds is 2. The normalized spacial score (nSPS) is 23.3. The summed E-state index contributed by atoms with van der Waals surface area (Å²) >= 11 is 6.20. The van der Waals surface area contributed by atoms with Gasteiger partial charge in [-0.3, -0.25) is 14.4 Å². The minimum absolute atomic E-state index is 0.254. The molecule has 3 aromatic rings. The van der Waals surface area contributed by atoms with Gasteiger partial charge >= 0.3 is 6.18 Å². The summed E-state index contributed by atoms with van der Waals surface area (Å²) in [6.07, 6.45) is -1.04. The van der Waals surface area contributed by atoms with Crippen molar-refractivity contribution in [2.75, 3.05) is 4.90 Å². The molecule has 1 aliphatic carbocycles. The molecule has 0 saturated carbocycles. The van der Waals surface area contributed by atoms with Gasteiger partial charge in [-0.05, 0) is 48.4 Å². The van der Waals surface area contributed by atoms with Gasteiger partial charge in [0.15, 0.2) is 17.3 Å². The van der Waals surface area contributed by atoms with Crippen LogP contribution >= 0.6 is 11.6 Å². The maximum absolute atomic E-state index is 14.2. The van der Waals surface area contributed by atoms with Gasteiger partial charge in [0.05, 0.1) is 17.6 Å². The number of nitrogens with zero attached hydrogens (tertiary/aromatic N) is 1. The lowest BCUT2D eigenvalue weighted by molar-refractivity contribution is -0.137. The number of alkyl halides is 3. The number of halogens is 4. The van der Waals surface area contributed by atoms with Crippen LogP contribution in [0.2, 0.25) is 5.02 Å². The zero-order chi connectivity index (χ0) is 26.3. The van der Waals surface area contributed by atoms with Crippen molar-refractivity contribution in [3.05, 3.63) is 106 Å². The van der Waals surface area contributed by atoms with E-state index in [1.54, 1.807) is 59.5 Å². The van der Waals surface area contributed by atoms with E-state index in [1.807, 2.05) is 0 Å². The second kappa shape index (κ2) is 7.89. The Hall–Kier alpha value is -3.71. The van der Waals surface area contributed by atoms with Crippen LogP contribution in [0.15, 0.2) is 72.8 Å². The summed E-state index contributed by atoms with van der Waals surface area (Å²) < 4.78 is 40.0. The molecule has 4 nitrogen and oxygen atoms in total. The molecule has 0 unspecified atom stereocenters. The molecule has 0 bridgehead atoms. The smallest absolute Gasteiger partial charge is 0.352 e. The Labute approximate surface area is 215 Å². The molecule has 0 radical (unpaired) electrons. The van der Waals surface area contributed by atoms with Crippen LogP contribution in [0.4, 0.5) is 18.9 Å². The Morgan fingerprint density at radius 1 is 0.946 bits per heavy atom. The van der Waals surface area contributed by atoms with E-state index in [2.05, 4.69) is 0 Å². The number of carbonyl (C=O) groups excluding carboxylic acids is 3. The quantitative estimate of drug-likeness (QED) is 0.367. The predicted molar refractivity (Wildman–Crippen MR) is 133 cm³/mol. The van der Waals surface area contributed by atoms with E-state index in [9.17, 15) is 27.6 Å². The van der Waals surface area contributed by atoms with Crippen LogP contribution in [0.3, 0.4) is 0 Å². The number of Topliss-reactive ketones (excluding diaryl/α,β-unsaturated/α-hetero) is 3. The van der Waals surface area contributed by atoms with Crippen molar-refractivity contribution < 1.29 is 27.6 Å². The number of hydrogen-bond donors (Lipinski definition) is 0. The number of benzene rings is 3. The molecule has 8 heteroatoms. The molecule has 3 atom stereocenters. The number of carbonyl (C=O) groups is 3. The van der Waals surface area contributed by atoms with Crippen molar-refractivity contribution in [3.63, 3.8) is 0 Å². The Morgan fingerprint density at radius 2 is 1.57 bits per heavy atom. The third-order valence-electron chi connectivity index (χ3n) is 7.78. The third kappa shape index (κ3) is 3.13. The fourth-order valence-electron chi connectivity index (χ4n) is 6.35. The van der Waals surface area contributed by atoms with Crippen molar-refractivity contribution in [3.8, 4) is 0 Å². The summed E-state index contributed by atoms with van der Waals surface area (Å²) in [7, 11) is 0. The monoisotopic (exact) mass is 521 g/mol. The van der Waals surface area contributed by atoms with Gasteiger partial charge in [0, 0.05) is 27.8 Å². The highest BCUT2D eigenvalue weighted by Crippen LogP contribution is 2.60. The van der Waals surface area contributed by atoms with Crippen molar-refractivity contribution in [2.45, 2.75) is 31.1 Å². The number of hydrogen-bond acceptors (Lipinski definition) is 4. The summed E-state index contributed by atoms with van der Waals surface area (Å²) in [5.41, 5.74) is -0.411. The van der Waals surface area contributed by atoms with Crippen LogP contribution in [0.1, 0.15) is 50.2 Å². The van der Waals surface area contributed by atoms with Gasteiger partial charge in [-0.1, -0.05) is 60.2 Å². The predicted octanol–water partition coefficient (Wildman–Crippen LogP) is 6.38. The molecule has 1 saturated heterocycles. The SMILES string of the molecule is CC(=O)[C@@H]1[C@@H](c2ccc(C(F)(F)F)cc2)C2(C(=O)c3ccccc3C2=O)[C@@H]2C=Cc3cc(Cl)ccc3N12. The minimum atomic E-state index is -4.56. The van der Waals surface area contributed by atoms with E-state index < -0.39 is 46.7 Å². The number of ketones is 3. The Balaban J connectivity index is 1.64. The van der Waals surface area contributed by atoms with Crippen molar-refractivity contribution in [1.82, 2.24) is 0 Å². The van der Waals surface area contributed by atoms with Gasteiger partial charge in [-0.25, -0.2) is 0 Å². The van der Waals surface area contributed by atoms with E-state index in [4.69, 9.17) is 11.6 Å². The van der Waals surface area contributed by atoms with Gasteiger partial charge in [0.2, 0.25) is 0 Å². The van der Waals surface area contributed by atoms with E-state index in [1.165, 1.54) is 19.1 Å². The Morgan fingerprint density at radius 3 is 2.14 bits per heavy atom. The topological polar surface area (TPSA) is 54.5 Å². The molecule has 6 rings (SSSR count). The lowest BCUT2D eigenvalue weighted by Crippen LogP contribution is -2.48. The molecule has 2 heterocycles. The van der Waals surface area contributed by atoms with E-state index in [0.29, 0.717) is 21.8 Å². The molecule has 3 aromatic carbocycles. The van der Waals surface area contributed by atoms with Crippen LogP contribution in [0, 0.1) is 5.41 Å². The molecule has 0 amide bonds. The first-order valence-corrected chi connectivity index (χ1v) is 12.1. The average molecular weight is 522 g/mol. The van der Waals surface area contributed by atoms with Gasteiger partial charge in [-0.15, -0.1) is 0 Å². The van der Waals surface area contributed by atoms with E-state index in [0.717, 1.165) is 12.1 Å². The largest absolute Gasteiger partial charge is 0.416 e. The molecule has 37 heavy (non-hydrogen) atoms. The fraction of sp³-hybridized carbons (Fsp3) is 0.207. The highest BCUT2D eigenvalue weighted by Gasteiger charge is 2.71. The van der Waals surface area contributed by atoms with Crippen molar-refractivity contribution in [2.24, 2.45) is 5.41 Å². The second-order valence-electron chi connectivity index (χ2n) is 9.64. The zero-order valence-electron chi connectivity index (χ0n) is 19.4. The lowest BCUT2D eigenvalue weighted by atomic mass is 9.64. The van der Waals surface area contributed by atoms with Gasteiger partial charge in [-0.2, -0.15) is 13.2 Å².